The first kappa shape index (κ1) is 19.7. The number of aryl methyl sites for hydroxylation is 1. The maximum absolute atomic E-state index is 11.1. The average Bonchev–Trinajstić information content (AvgIpc) is 3.16. The molecule has 1 unspecified atom stereocenters. The van der Waals surface area contributed by atoms with E-state index in [1.54, 1.807) is 13.3 Å². The number of nitrogens with zero attached hydrogens (tertiary/aromatic N) is 5. The lowest BCUT2D eigenvalue weighted by Gasteiger charge is -2.37. The van der Waals surface area contributed by atoms with Gasteiger partial charge >= 0.3 is 0 Å². The number of aromatic nitrogens is 3. The predicted octanol–water partition coefficient (Wildman–Crippen LogP) is 2.69. The molecule has 1 fully saturated rings. The van der Waals surface area contributed by atoms with Crippen molar-refractivity contribution in [2.45, 2.75) is 19.6 Å². The number of piperazine rings is 1. The van der Waals surface area contributed by atoms with Crippen LogP contribution in [0.2, 0.25) is 0 Å². The molecule has 9 heteroatoms. The molecule has 1 saturated heterocycles. The van der Waals surface area contributed by atoms with E-state index in [0.717, 1.165) is 71.6 Å². The van der Waals surface area contributed by atoms with Gasteiger partial charge in [-0.05, 0) is 24.6 Å². The first-order valence-electron chi connectivity index (χ1n) is 9.66. The Morgan fingerprint density at radius 3 is 2.79 bits per heavy atom. The molecule has 0 aromatic carbocycles. The molecule has 29 heavy (non-hydrogen) atoms. The van der Waals surface area contributed by atoms with Gasteiger partial charge in [-0.2, -0.15) is 0 Å². The molecule has 4 rings (SSSR count). The van der Waals surface area contributed by atoms with Crippen molar-refractivity contribution in [3.8, 4) is 0 Å². The molecule has 1 N–H and O–H groups in total. The van der Waals surface area contributed by atoms with Gasteiger partial charge in [0.15, 0.2) is 17.6 Å². The van der Waals surface area contributed by atoms with Crippen LogP contribution in [0.1, 0.15) is 12.6 Å². The Morgan fingerprint density at radius 1 is 1.24 bits per heavy atom. The number of fused-ring (bicyclic) bond motifs is 1. The molecule has 3 aromatic heterocycles. The van der Waals surface area contributed by atoms with Crippen LogP contribution in [0, 0.1) is 0 Å². The zero-order chi connectivity index (χ0) is 20.2. The van der Waals surface area contributed by atoms with Crippen LogP contribution in [0.4, 0.5) is 16.6 Å². The third-order valence-corrected chi connectivity index (χ3v) is 5.93. The number of aldehydes is 1. The van der Waals surface area contributed by atoms with Crippen LogP contribution in [0.25, 0.3) is 10.3 Å². The average molecular weight is 413 g/mol. The van der Waals surface area contributed by atoms with Crippen LogP contribution in [0.3, 0.4) is 0 Å². The molecule has 0 amide bonds. The number of hydrogen-bond donors (Lipinski definition) is 1. The van der Waals surface area contributed by atoms with E-state index in [9.17, 15) is 4.79 Å². The summed E-state index contributed by atoms with van der Waals surface area (Å²) in [7, 11) is 1.56. The van der Waals surface area contributed by atoms with E-state index in [1.165, 1.54) is 11.3 Å². The monoisotopic (exact) mass is 412 g/mol. The maximum atomic E-state index is 11.1. The predicted molar refractivity (Wildman–Crippen MR) is 115 cm³/mol. The van der Waals surface area contributed by atoms with Gasteiger partial charge in [-0.3, -0.25) is 9.69 Å². The van der Waals surface area contributed by atoms with Crippen LogP contribution in [-0.2, 0) is 16.0 Å². The highest BCUT2D eigenvalue weighted by atomic mass is 32.1. The van der Waals surface area contributed by atoms with E-state index < -0.39 is 6.23 Å². The molecule has 0 spiro atoms. The molecule has 4 heterocycles. The number of pyridine rings is 2. The lowest BCUT2D eigenvalue weighted by atomic mass is 10.2. The van der Waals surface area contributed by atoms with Gasteiger partial charge in [-0.25, -0.2) is 15.0 Å². The van der Waals surface area contributed by atoms with Crippen LogP contribution in [0.5, 0.6) is 0 Å². The molecule has 0 aliphatic carbocycles. The highest BCUT2D eigenvalue weighted by Crippen LogP contribution is 2.28. The Hall–Kier alpha value is -2.62. The molecular weight excluding hydrogens is 388 g/mol. The zero-order valence-electron chi connectivity index (χ0n) is 16.5. The maximum Gasteiger partial charge on any atom is 0.190 e. The summed E-state index contributed by atoms with van der Waals surface area (Å²) >= 11 is 1.53. The number of carbonyl (C=O) groups excluding carboxylic acids is 1. The topological polar surface area (TPSA) is 83.5 Å². The number of nitrogens with one attached hydrogen (secondary N) is 1. The summed E-state index contributed by atoms with van der Waals surface area (Å²) in [5.74, 6) is 0.752. The molecule has 3 aromatic rings. The number of carbonyl (C=O) groups is 1. The van der Waals surface area contributed by atoms with Crippen LogP contribution in [-0.4, -0.2) is 65.7 Å². The number of ether oxygens (including phenoxy) is 1. The lowest BCUT2D eigenvalue weighted by molar-refractivity contribution is -0.127. The quantitative estimate of drug-likeness (QED) is 0.593. The van der Waals surface area contributed by atoms with E-state index in [0.29, 0.717) is 0 Å². The van der Waals surface area contributed by atoms with E-state index >= 15 is 0 Å². The van der Waals surface area contributed by atoms with Crippen molar-refractivity contribution in [1.82, 2.24) is 19.9 Å². The summed E-state index contributed by atoms with van der Waals surface area (Å²) in [4.78, 5) is 30.0. The van der Waals surface area contributed by atoms with Gasteiger partial charge in [-0.1, -0.05) is 18.3 Å². The fourth-order valence-corrected chi connectivity index (χ4v) is 4.29. The van der Waals surface area contributed by atoms with Crippen molar-refractivity contribution in [2.75, 3.05) is 43.5 Å². The van der Waals surface area contributed by atoms with Crippen molar-refractivity contribution >= 4 is 44.6 Å². The van der Waals surface area contributed by atoms with E-state index in [1.807, 2.05) is 29.2 Å². The molecule has 1 aliphatic heterocycles. The first-order chi connectivity index (χ1) is 14.2. The Morgan fingerprint density at radius 2 is 2.07 bits per heavy atom. The molecular formula is C20H24N6O2S. The molecule has 152 valence electrons. The van der Waals surface area contributed by atoms with Gasteiger partial charge in [0.25, 0.3) is 0 Å². The minimum Gasteiger partial charge on any atom is -0.369 e. The van der Waals surface area contributed by atoms with Crippen molar-refractivity contribution in [3.05, 3.63) is 36.2 Å². The van der Waals surface area contributed by atoms with Crippen molar-refractivity contribution in [1.29, 1.82) is 0 Å². The van der Waals surface area contributed by atoms with Gasteiger partial charge in [0.05, 0.1) is 0 Å². The first-order valence-corrected chi connectivity index (χ1v) is 10.5. The van der Waals surface area contributed by atoms with Gasteiger partial charge in [0, 0.05) is 56.9 Å². The smallest absolute Gasteiger partial charge is 0.190 e. The number of rotatable bonds is 7. The molecule has 1 atom stereocenters. The Bertz CT molecular complexity index is 986. The molecule has 0 radical (unpaired) electrons. The Balaban J connectivity index is 1.45. The number of hydrogen-bond acceptors (Lipinski definition) is 9. The minimum absolute atomic E-state index is 0.465. The second kappa shape index (κ2) is 8.81. The summed E-state index contributed by atoms with van der Waals surface area (Å²) in [6.07, 6.45) is 3.09. The number of thiazole rings is 1. The van der Waals surface area contributed by atoms with Crippen LogP contribution < -0.4 is 10.2 Å². The zero-order valence-corrected chi connectivity index (χ0v) is 17.4. The van der Waals surface area contributed by atoms with Crippen LogP contribution in [0.15, 0.2) is 30.5 Å². The fraction of sp³-hybridized carbons (Fsp3) is 0.400. The third-order valence-electron chi connectivity index (χ3n) is 5.05. The van der Waals surface area contributed by atoms with Crippen molar-refractivity contribution in [2.24, 2.45) is 0 Å². The normalized spacial score (nSPS) is 16.1. The third kappa shape index (κ3) is 4.36. The SMILES string of the molecule is CCc1ccc2nc(Nc3cc(N4CCN(C(C=O)OC)CC4)ccn3)sc2n1. The van der Waals surface area contributed by atoms with E-state index in [2.05, 4.69) is 32.1 Å². The summed E-state index contributed by atoms with van der Waals surface area (Å²) in [5.41, 5.74) is 3.05. The summed E-state index contributed by atoms with van der Waals surface area (Å²) in [6, 6.07) is 8.06. The molecule has 1 aliphatic rings. The number of anilines is 3. The summed E-state index contributed by atoms with van der Waals surface area (Å²) < 4.78 is 5.21. The Labute approximate surface area is 173 Å². The minimum atomic E-state index is -0.465. The van der Waals surface area contributed by atoms with Crippen LogP contribution >= 0.6 is 11.3 Å². The van der Waals surface area contributed by atoms with Gasteiger partial charge in [0.2, 0.25) is 0 Å². The van der Waals surface area contributed by atoms with Crippen molar-refractivity contribution in [3.63, 3.8) is 0 Å². The standard InChI is InChI=1S/C20H24N6O2S/c1-3-14-4-5-16-19(22-14)29-20(23-16)24-17-12-15(6-7-21-17)25-8-10-26(11-9-25)18(13-27)28-2/h4-7,12-13,18H,3,8-11H2,1-2H3,(H,21,23,24). The fourth-order valence-electron chi connectivity index (χ4n) is 3.43. The lowest BCUT2D eigenvalue weighted by Crippen LogP contribution is -2.51. The molecule has 0 bridgehead atoms. The highest BCUT2D eigenvalue weighted by molar-refractivity contribution is 7.21. The highest BCUT2D eigenvalue weighted by Gasteiger charge is 2.23. The summed E-state index contributed by atoms with van der Waals surface area (Å²) in [6.45, 7) is 5.28. The second-order valence-corrected chi connectivity index (χ2v) is 7.79. The molecule has 8 nitrogen and oxygen atoms in total. The van der Waals surface area contributed by atoms with Crippen molar-refractivity contribution < 1.29 is 9.53 Å². The van der Waals surface area contributed by atoms with Gasteiger partial charge in [-0.15, -0.1) is 0 Å². The van der Waals surface area contributed by atoms with E-state index in [4.69, 9.17) is 4.74 Å². The Kier molecular flexibility index (Phi) is 5.98. The van der Waals surface area contributed by atoms with E-state index in [-0.39, 0.29) is 0 Å². The van der Waals surface area contributed by atoms with Gasteiger partial charge < -0.3 is 15.0 Å². The number of methoxy groups -OCH3 is 1. The van der Waals surface area contributed by atoms with Gasteiger partial charge in [0.1, 0.15) is 16.2 Å². The summed E-state index contributed by atoms with van der Waals surface area (Å²) in [5, 5.41) is 4.09. The largest absolute Gasteiger partial charge is 0.369 e. The molecule has 0 saturated carbocycles. The second-order valence-electron chi connectivity index (χ2n) is 6.81.